The van der Waals surface area contributed by atoms with Gasteiger partial charge in [-0.05, 0) is 38.1 Å². The summed E-state index contributed by atoms with van der Waals surface area (Å²) >= 11 is 1.65. The molecule has 6 heteroatoms. The van der Waals surface area contributed by atoms with Crippen LogP contribution in [0.25, 0.3) is 11.3 Å². The quantitative estimate of drug-likeness (QED) is 0.765. The fraction of sp³-hybridized carbons (Fsp3) is 0.235. The zero-order chi connectivity index (χ0) is 16.2. The summed E-state index contributed by atoms with van der Waals surface area (Å²) in [4.78, 5) is 4.49. The lowest BCUT2D eigenvalue weighted by atomic mass is 10.1. The highest BCUT2D eigenvalue weighted by atomic mass is 32.1. The average molecular weight is 326 g/mol. The molecule has 0 aliphatic rings. The third kappa shape index (κ3) is 3.48. The monoisotopic (exact) mass is 326 g/mol. The van der Waals surface area contributed by atoms with Gasteiger partial charge in [-0.15, -0.1) is 21.5 Å². The Bertz CT molecular complexity index is 785. The Morgan fingerprint density at radius 3 is 2.61 bits per heavy atom. The van der Waals surface area contributed by atoms with E-state index in [1.165, 1.54) is 0 Å². The molecule has 3 aromatic rings. The molecule has 0 aliphatic carbocycles. The van der Waals surface area contributed by atoms with E-state index in [0.29, 0.717) is 0 Å². The van der Waals surface area contributed by atoms with Crippen LogP contribution >= 0.6 is 11.3 Å². The lowest BCUT2D eigenvalue weighted by Crippen LogP contribution is -2.09. The normalized spacial score (nSPS) is 12.0. The van der Waals surface area contributed by atoms with E-state index in [2.05, 4.69) is 32.8 Å². The number of anilines is 1. The zero-order valence-electron chi connectivity index (χ0n) is 13.3. The van der Waals surface area contributed by atoms with Gasteiger partial charge >= 0.3 is 0 Å². The average Bonchev–Trinajstić information content (AvgIpc) is 3.02. The fourth-order valence-corrected chi connectivity index (χ4v) is 2.99. The third-order valence-corrected chi connectivity index (χ3v) is 4.28. The van der Waals surface area contributed by atoms with Gasteiger partial charge in [0.25, 0.3) is 0 Å². The molecule has 0 amide bonds. The fourth-order valence-electron chi connectivity index (χ4n) is 2.28. The van der Waals surface area contributed by atoms with E-state index in [1.54, 1.807) is 18.4 Å². The first-order valence-corrected chi connectivity index (χ1v) is 8.21. The van der Waals surface area contributed by atoms with Crippen molar-refractivity contribution in [2.45, 2.75) is 19.9 Å². The number of nitrogens with one attached hydrogen (secondary N) is 1. The van der Waals surface area contributed by atoms with Crippen LogP contribution in [0.4, 0.5) is 5.82 Å². The largest absolute Gasteiger partial charge is 0.496 e. The van der Waals surface area contributed by atoms with Crippen LogP contribution in [0.5, 0.6) is 5.75 Å². The minimum Gasteiger partial charge on any atom is -0.496 e. The predicted octanol–water partition coefficient (Wildman–Crippen LogP) is 4.09. The van der Waals surface area contributed by atoms with E-state index >= 15 is 0 Å². The van der Waals surface area contributed by atoms with Crippen LogP contribution in [0, 0.1) is 6.92 Å². The summed E-state index contributed by atoms with van der Waals surface area (Å²) in [5, 5.41) is 15.0. The first-order chi connectivity index (χ1) is 11.2. The van der Waals surface area contributed by atoms with Crippen molar-refractivity contribution in [3.63, 3.8) is 0 Å². The topological polar surface area (TPSA) is 59.9 Å². The van der Waals surface area contributed by atoms with Gasteiger partial charge in [0.1, 0.15) is 11.6 Å². The second-order valence-corrected chi connectivity index (χ2v) is 6.22. The van der Waals surface area contributed by atoms with Crippen molar-refractivity contribution in [2.75, 3.05) is 12.4 Å². The van der Waals surface area contributed by atoms with Crippen molar-refractivity contribution in [2.24, 2.45) is 0 Å². The van der Waals surface area contributed by atoms with Gasteiger partial charge in [0.2, 0.25) is 0 Å². The zero-order valence-corrected chi connectivity index (χ0v) is 14.1. The first kappa shape index (κ1) is 15.4. The minimum atomic E-state index is 0.0892. The molecule has 0 radical (unpaired) electrons. The first-order valence-electron chi connectivity index (χ1n) is 7.33. The van der Waals surface area contributed by atoms with Crippen LogP contribution in [0.1, 0.15) is 23.7 Å². The number of para-hydroxylation sites is 1. The molecule has 1 aromatic carbocycles. The highest BCUT2D eigenvalue weighted by Crippen LogP contribution is 2.28. The number of rotatable bonds is 5. The summed E-state index contributed by atoms with van der Waals surface area (Å²) in [6.07, 6.45) is 0. The summed E-state index contributed by atoms with van der Waals surface area (Å²) in [5.74, 6) is 1.51. The molecule has 0 saturated carbocycles. The maximum atomic E-state index is 5.36. The number of nitrogens with zero attached hydrogens (tertiary/aromatic N) is 3. The van der Waals surface area contributed by atoms with Crippen LogP contribution in [0.2, 0.25) is 0 Å². The number of benzene rings is 1. The maximum Gasteiger partial charge on any atom is 0.149 e. The Balaban J connectivity index is 1.77. The van der Waals surface area contributed by atoms with Gasteiger partial charge in [0, 0.05) is 10.9 Å². The molecule has 1 atom stereocenters. The van der Waals surface area contributed by atoms with Crippen LogP contribution in [0.3, 0.4) is 0 Å². The van der Waals surface area contributed by atoms with E-state index in [4.69, 9.17) is 4.74 Å². The maximum absolute atomic E-state index is 5.36. The standard InChI is InChI=1S/C17H18N4OS/c1-11(15-10-23-12(2)19-15)18-17-9-8-14(20-21-17)13-6-4-5-7-16(13)22-3/h4-11H,1-3H3,(H,18,21)/t11-/m0/s1. The Morgan fingerprint density at radius 1 is 1.13 bits per heavy atom. The molecular formula is C17H18N4OS. The molecule has 0 bridgehead atoms. The molecular weight excluding hydrogens is 308 g/mol. The van der Waals surface area contributed by atoms with E-state index < -0.39 is 0 Å². The molecule has 3 rings (SSSR count). The number of hydrogen-bond acceptors (Lipinski definition) is 6. The van der Waals surface area contributed by atoms with Crippen molar-refractivity contribution in [1.29, 1.82) is 0 Å². The van der Waals surface area contributed by atoms with Crippen molar-refractivity contribution < 1.29 is 4.74 Å². The Morgan fingerprint density at radius 2 is 1.96 bits per heavy atom. The molecule has 5 nitrogen and oxygen atoms in total. The molecule has 1 N–H and O–H groups in total. The molecule has 0 aliphatic heterocycles. The van der Waals surface area contributed by atoms with E-state index in [9.17, 15) is 0 Å². The molecule has 2 heterocycles. The van der Waals surface area contributed by atoms with E-state index in [1.807, 2.05) is 43.3 Å². The van der Waals surface area contributed by atoms with E-state index in [0.717, 1.165) is 33.5 Å². The molecule has 0 saturated heterocycles. The van der Waals surface area contributed by atoms with Crippen LogP contribution in [-0.2, 0) is 0 Å². The van der Waals surface area contributed by atoms with Crippen LogP contribution in [-0.4, -0.2) is 22.3 Å². The predicted molar refractivity (Wildman–Crippen MR) is 92.9 cm³/mol. The molecule has 2 aromatic heterocycles. The number of thiazole rings is 1. The van der Waals surface area contributed by atoms with Gasteiger partial charge in [-0.2, -0.15) is 0 Å². The summed E-state index contributed by atoms with van der Waals surface area (Å²) in [5.41, 5.74) is 2.73. The number of aryl methyl sites for hydroxylation is 1. The van der Waals surface area contributed by atoms with Gasteiger partial charge in [0.05, 0.1) is 29.5 Å². The highest BCUT2D eigenvalue weighted by molar-refractivity contribution is 7.09. The third-order valence-electron chi connectivity index (χ3n) is 3.49. The van der Waals surface area contributed by atoms with Gasteiger partial charge in [-0.3, -0.25) is 0 Å². The number of aromatic nitrogens is 3. The van der Waals surface area contributed by atoms with Crippen LogP contribution < -0.4 is 10.1 Å². The lowest BCUT2D eigenvalue weighted by molar-refractivity contribution is 0.416. The van der Waals surface area contributed by atoms with Gasteiger partial charge in [-0.1, -0.05) is 12.1 Å². The Hall–Kier alpha value is -2.47. The number of methoxy groups -OCH3 is 1. The number of ether oxygens (including phenoxy) is 1. The second-order valence-electron chi connectivity index (χ2n) is 5.16. The highest BCUT2D eigenvalue weighted by Gasteiger charge is 2.11. The Kier molecular flexibility index (Phi) is 4.52. The summed E-state index contributed by atoms with van der Waals surface area (Å²) in [6.45, 7) is 4.06. The summed E-state index contributed by atoms with van der Waals surface area (Å²) in [7, 11) is 1.65. The summed E-state index contributed by atoms with van der Waals surface area (Å²) in [6, 6.07) is 11.7. The van der Waals surface area contributed by atoms with Gasteiger partial charge in [0.15, 0.2) is 0 Å². The minimum absolute atomic E-state index is 0.0892. The molecule has 0 unspecified atom stereocenters. The van der Waals surface area contributed by atoms with Gasteiger partial charge < -0.3 is 10.1 Å². The molecule has 0 spiro atoms. The van der Waals surface area contributed by atoms with Gasteiger partial charge in [-0.25, -0.2) is 4.98 Å². The second kappa shape index (κ2) is 6.75. The van der Waals surface area contributed by atoms with Crippen molar-refractivity contribution in [1.82, 2.24) is 15.2 Å². The van der Waals surface area contributed by atoms with Crippen molar-refractivity contribution >= 4 is 17.2 Å². The van der Waals surface area contributed by atoms with E-state index in [-0.39, 0.29) is 6.04 Å². The smallest absolute Gasteiger partial charge is 0.149 e. The lowest BCUT2D eigenvalue weighted by Gasteiger charge is -2.12. The summed E-state index contributed by atoms with van der Waals surface area (Å²) < 4.78 is 5.36. The molecule has 118 valence electrons. The number of hydrogen-bond donors (Lipinski definition) is 1. The van der Waals surface area contributed by atoms with Crippen molar-refractivity contribution in [3.8, 4) is 17.0 Å². The SMILES string of the molecule is COc1ccccc1-c1ccc(N[C@@H](C)c2csc(C)n2)nn1. The molecule has 23 heavy (non-hydrogen) atoms. The Labute approximate surface area is 139 Å². The van der Waals surface area contributed by atoms with Crippen LogP contribution in [0.15, 0.2) is 41.8 Å². The van der Waals surface area contributed by atoms with Crippen molar-refractivity contribution in [3.05, 3.63) is 52.5 Å². The molecule has 0 fully saturated rings.